The van der Waals surface area contributed by atoms with E-state index in [9.17, 15) is 24.3 Å². The van der Waals surface area contributed by atoms with Gasteiger partial charge in [0.15, 0.2) is 23.7 Å². The number of Topliss-reactive ketones (excluding diaryl/α,β-unsaturated/α-hetero) is 1. The summed E-state index contributed by atoms with van der Waals surface area (Å²) in [5, 5.41) is 11.3. The highest BCUT2D eigenvalue weighted by atomic mass is 19.1. The second-order valence-corrected chi connectivity index (χ2v) is 10.5. The van der Waals surface area contributed by atoms with Gasteiger partial charge in [-0.3, -0.25) is 19.2 Å². The molecule has 4 rings (SSSR count). The Morgan fingerprint density at radius 2 is 1.85 bits per heavy atom. The number of rotatable bonds is 4. The molecule has 0 aromatic heterocycles. The summed E-state index contributed by atoms with van der Waals surface area (Å²) < 4.78 is 43.1. The minimum Gasteiger partial charge on any atom is -0.458 e. The molecule has 3 saturated carbocycles. The molecule has 34 heavy (non-hydrogen) atoms. The van der Waals surface area contributed by atoms with Crippen LogP contribution in [0.3, 0.4) is 0 Å². The Bertz CT molecular complexity index is 1020. The molecular weight excluding hydrogens is 450 g/mol. The predicted molar refractivity (Wildman–Crippen MR) is 115 cm³/mol. The average molecular weight is 481 g/mol. The van der Waals surface area contributed by atoms with Crippen molar-refractivity contribution in [3.05, 3.63) is 23.8 Å². The van der Waals surface area contributed by atoms with Crippen LogP contribution in [0.2, 0.25) is 0 Å². The van der Waals surface area contributed by atoms with Crippen molar-refractivity contribution >= 4 is 23.5 Å². The lowest BCUT2D eigenvalue weighted by molar-refractivity contribution is -0.228. The van der Waals surface area contributed by atoms with Crippen molar-refractivity contribution in [3.8, 4) is 0 Å². The number of hydrogen-bond donors (Lipinski definition) is 1. The molecule has 1 N–H and O–H groups in total. The van der Waals surface area contributed by atoms with Crippen LogP contribution in [-0.2, 0) is 28.7 Å². The molecule has 7 nitrogen and oxygen atoms in total. The standard InChI is InChI=1S/C25H30F2O7/c1-13(28)33-12-21(32)24(34-14(2)29)8-6-16-17-10-19(26)18-9-15(30)5-7-22(18,3)25(17,27)20(31)11-23(16,24)4/h5,7,9,16-17,19-20,31H,6,8,10-12H2,1-4H3/t16-,17-,19?,20?,22-,23-,24-,25-/m0/s1. The van der Waals surface area contributed by atoms with Gasteiger partial charge < -0.3 is 14.6 Å². The molecule has 4 aliphatic carbocycles. The number of aliphatic hydroxyl groups excluding tert-OH is 1. The number of esters is 2. The Hall–Kier alpha value is -2.42. The van der Waals surface area contributed by atoms with E-state index in [1.54, 1.807) is 6.92 Å². The molecule has 0 radical (unpaired) electrons. The van der Waals surface area contributed by atoms with Crippen molar-refractivity contribution in [3.63, 3.8) is 0 Å². The fourth-order valence-corrected chi connectivity index (χ4v) is 7.40. The molecule has 0 spiro atoms. The summed E-state index contributed by atoms with van der Waals surface area (Å²) in [6.07, 6.45) is 0.200. The van der Waals surface area contributed by atoms with Crippen molar-refractivity contribution in [2.75, 3.05) is 6.61 Å². The van der Waals surface area contributed by atoms with E-state index in [2.05, 4.69) is 0 Å². The lowest BCUT2D eigenvalue weighted by atomic mass is 9.44. The first-order valence-corrected chi connectivity index (χ1v) is 11.6. The van der Waals surface area contributed by atoms with E-state index in [4.69, 9.17) is 9.47 Å². The van der Waals surface area contributed by atoms with E-state index in [0.29, 0.717) is 0 Å². The zero-order valence-electron chi connectivity index (χ0n) is 19.7. The Morgan fingerprint density at radius 3 is 2.47 bits per heavy atom. The van der Waals surface area contributed by atoms with Gasteiger partial charge in [0, 0.05) is 30.6 Å². The lowest BCUT2D eigenvalue weighted by Crippen LogP contribution is -2.70. The Labute approximate surface area is 196 Å². The number of fused-ring (bicyclic) bond motifs is 5. The van der Waals surface area contributed by atoms with Gasteiger partial charge in [0.25, 0.3) is 0 Å². The Morgan fingerprint density at radius 1 is 1.18 bits per heavy atom. The normalized spacial score (nSPS) is 44.9. The van der Waals surface area contributed by atoms with Crippen LogP contribution in [0, 0.1) is 22.7 Å². The van der Waals surface area contributed by atoms with Crippen molar-refractivity contribution in [2.45, 2.75) is 76.9 Å². The van der Waals surface area contributed by atoms with Gasteiger partial charge in [0.1, 0.15) is 6.17 Å². The van der Waals surface area contributed by atoms with E-state index in [0.717, 1.165) is 19.9 Å². The van der Waals surface area contributed by atoms with E-state index in [-0.39, 0.29) is 31.3 Å². The summed E-state index contributed by atoms with van der Waals surface area (Å²) in [4.78, 5) is 48.7. The van der Waals surface area contributed by atoms with Gasteiger partial charge >= 0.3 is 11.9 Å². The van der Waals surface area contributed by atoms with Gasteiger partial charge in [-0.2, -0.15) is 0 Å². The van der Waals surface area contributed by atoms with Crippen LogP contribution in [0.1, 0.15) is 53.4 Å². The third-order valence-electron chi connectivity index (χ3n) is 8.92. The van der Waals surface area contributed by atoms with Crippen molar-refractivity contribution < 1.29 is 42.5 Å². The molecule has 0 saturated heterocycles. The number of ether oxygens (including phenoxy) is 2. The van der Waals surface area contributed by atoms with Crippen LogP contribution in [0.25, 0.3) is 0 Å². The zero-order valence-corrected chi connectivity index (χ0v) is 19.7. The third-order valence-corrected chi connectivity index (χ3v) is 8.92. The van der Waals surface area contributed by atoms with Gasteiger partial charge in [-0.25, -0.2) is 8.78 Å². The number of carbonyl (C=O) groups excluding carboxylic acids is 4. The summed E-state index contributed by atoms with van der Waals surface area (Å²) >= 11 is 0. The average Bonchev–Trinajstić information content (AvgIpc) is 3.02. The molecule has 0 aliphatic heterocycles. The maximum absolute atomic E-state index is 17.1. The molecule has 186 valence electrons. The fraction of sp³-hybridized carbons (Fsp3) is 0.680. The van der Waals surface area contributed by atoms with Crippen LogP contribution < -0.4 is 0 Å². The molecule has 0 amide bonds. The van der Waals surface area contributed by atoms with E-state index in [1.807, 2.05) is 0 Å². The number of allylic oxidation sites excluding steroid dienone is 4. The first-order chi connectivity index (χ1) is 15.7. The van der Waals surface area contributed by atoms with Gasteiger partial charge in [-0.15, -0.1) is 0 Å². The van der Waals surface area contributed by atoms with Crippen LogP contribution in [-0.4, -0.2) is 58.8 Å². The molecule has 0 bridgehead atoms. The highest BCUT2D eigenvalue weighted by Crippen LogP contribution is 2.70. The second-order valence-electron chi connectivity index (χ2n) is 10.5. The van der Waals surface area contributed by atoms with Gasteiger partial charge in [-0.1, -0.05) is 13.0 Å². The molecule has 0 aromatic rings. The smallest absolute Gasteiger partial charge is 0.303 e. The summed E-state index contributed by atoms with van der Waals surface area (Å²) in [5.74, 6) is -4.11. The highest BCUT2D eigenvalue weighted by molar-refractivity contribution is 6.01. The number of ketones is 2. The van der Waals surface area contributed by atoms with Crippen LogP contribution in [0.5, 0.6) is 0 Å². The van der Waals surface area contributed by atoms with Gasteiger partial charge in [0.2, 0.25) is 5.78 Å². The van der Waals surface area contributed by atoms with Crippen molar-refractivity contribution in [2.24, 2.45) is 22.7 Å². The molecular formula is C25H30F2O7. The summed E-state index contributed by atoms with van der Waals surface area (Å²) in [7, 11) is 0. The lowest BCUT2D eigenvalue weighted by Gasteiger charge is -2.63. The third kappa shape index (κ3) is 3.08. The molecule has 2 unspecified atom stereocenters. The molecule has 0 heterocycles. The number of carbonyl (C=O) groups is 4. The summed E-state index contributed by atoms with van der Waals surface area (Å²) in [6.45, 7) is 4.81. The van der Waals surface area contributed by atoms with E-state index in [1.165, 1.54) is 19.1 Å². The predicted octanol–water partition coefficient (Wildman–Crippen LogP) is 2.74. The molecule has 8 atom stereocenters. The molecule has 3 fully saturated rings. The second kappa shape index (κ2) is 7.80. The number of halogens is 2. The largest absolute Gasteiger partial charge is 0.458 e. The maximum atomic E-state index is 17.1. The molecule has 0 aromatic carbocycles. The Balaban J connectivity index is 1.81. The topological polar surface area (TPSA) is 107 Å². The Kier molecular flexibility index (Phi) is 5.66. The van der Waals surface area contributed by atoms with Gasteiger partial charge in [0.05, 0.1) is 6.10 Å². The quantitative estimate of drug-likeness (QED) is 0.617. The minimum atomic E-state index is -2.30. The first kappa shape index (κ1) is 24.7. The van der Waals surface area contributed by atoms with Crippen LogP contribution in [0.4, 0.5) is 8.78 Å². The van der Waals surface area contributed by atoms with Crippen LogP contribution >= 0.6 is 0 Å². The summed E-state index contributed by atoms with van der Waals surface area (Å²) in [6, 6.07) is 0. The molecule has 4 aliphatic rings. The van der Waals surface area contributed by atoms with E-state index < -0.39 is 76.3 Å². The zero-order chi connectivity index (χ0) is 25.3. The van der Waals surface area contributed by atoms with Crippen LogP contribution in [0.15, 0.2) is 23.8 Å². The first-order valence-electron chi connectivity index (χ1n) is 11.6. The van der Waals surface area contributed by atoms with Gasteiger partial charge in [-0.05, 0) is 56.3 Å². The van der Waals surface area contributed by atoms with E-state index >= 15 is 8.78 Å². The van der Waals surface area contributed by atoms with Crippen molar-refractivity contribution in [1.29, 1.82) is 0 Å². The minimum absolute atomic E-state index is 0.0107. The summed E-state index contributed by atoms with van der Waals surface area (Å²) in [5.41, 5.74) is -6.80. The highest BCUT2D eigenvalue weighted by Gasteiger charge is 2.76. The maximum Gasteiger partial charge on any atom is 0.303 e. The SMILES string of the molecule is CC(=O)OCC(=O)[C@@]1(OC(C)=O)CC[C@H]2[C@@H]3CC(F)C4=CC(=O)C=C[C@]4(C)[C@@]3(F)C(O)C[C@@]21C. The number of alkyl halides is 2. The fourth-order valence-electron chi connectivity index (χ4n) is 7.40. The molecule has 9 heteroatoms. The number of hydrogen-bond acceptors (Lipinski definition) is 7. The number of aliphatic hydroxyl groups is 1. The monoisotopic (exact) mass is 480 g/mol. The van der Waals surface area contributed by atoms with Crippen molar-refractivity contribution in [1.82, 2.24) is 0 Å².